The van der Waals surface area contributed by atoms with Gasteiger partial charge in [-0.3, -0.25) is 14.3 Å². The van der Waals surface area contributed by atoms with Crippen LogP contribution in [0.2, 0.25) is 0 Å². The van der Waals surface area contributed by atoms with Crippen molar-refractivity contribution in [1.82, 2.24) is 14.7 Å². The predicted octanol–water partition coefficient (Wildman–Crippen LogP) is 5.21. The van der Waals surface area contributed by atoms with Crippen LogP contribution in [0.15, 0.2) is 54.6 Å². The molecule has 1 N–H and O–H groups in total. The Labute approximate surface area is 195 Å². The number of carbonyl (C=O) groups is 2. The molecule has 2 amide bonds. The molecule has 2 aromatic carbocycles. The molecule has 0 aliphatic heterocycles. The summed E-state index contributed by atoms with van der Waals surface area (Å²) in [6.07, 6.45) is 0. The fourth-order valence-electron chi connectivity index (χ4n) is 3.70. The maximum Gasteiger partial charge on any atom is 0.265 e. The zero-order valence-corrected chi connectivity index (χ0v) is 19.6. The molecule has 0 saturated carbocycles. The summed E-state index contributed by atoms with van der Waals surface area (Å²) in [6, 6.07) is 15.7. The number of anilines is 1. The molecule has 0 aliphatic rings. The number of hydrogen-bond donors (Lipinski definition) is 1. The van der Waals surface area contributed by atoms with Gasteiger partial charge in [0.1, 0.15) is 10.6 Å². The van der Waals surface area contributed by atoms with Crippen LogP contribution in [-0.2, 0) is 17.9 Å². The molecule has 0 aliphatic carbocycles. The van der Waals surface area contributed by atoms with Gasteiger partial charge in [0.05, 0.1) is 17.1 Å². The highest BCUT2D eigenvalue weighted by atomic mass is 32.1. The van der Waals surface area contributed by atoms with Gasteiger partial charge in [0.25, 0.3) is 5.91 Å². The second kappa shape index (κ2) is 9.54. The highest BCUT2D eigenvalue weighted by Gasteiger charge is 2.17. The van der Waals surface area contributed by atoms with E-state index >= 15 is 0 Å². The summed E-state index contributed by atoms with van der Waals surface area (Å²) in [7, 11) is 0. The summed E-state index contributed by atoms with van der Waals surface area (Å²) in [6.45, 7) is 7.02. The summed E-state index contributed by atoms with van der Waals surface area (Å²) in [5, 5.41) is 8.48. The first kappa shape index (κ1) is 22.7. The second-order valence-corrected chi connectivity index (χ2v) is 8.92. The van der Waals surface area contributed by atoms with Gasteiger partial charge in [0, 0.05) is 31.1 Å². The Morgan fingerprint density at radius 3 is 2.58 bits per heavy atom. The molecule has 8 heteroatoms. The highest BCUT2D eigenvalue weighted by molar-refractivity contribution is 7.20. The van der Waals surface area contributed by atoms with Crippen molar-refractivity contribution in [3.63, 3.8) is 0 Å². The first-order chi connectivity index (χ1) is 15.8. The van der Waals surface area contributed by atoms with E-state index in [4.69, 9.17) is 0 Å². The van der Waals surface area contributed by atoms with Gasteiger partial charge in [-0.15, -0.1) is 11.3 Å². The van der Waals surface area contributed by atoms with E-state index in [9.17, 15) is 14.0 Å². The fourth-order valence-corrected chi connectivity index (χ4v) is 4.76. The van der Waals surface area contributed by atoms with Crippen LogP contribution in [-0.4, -0.2) is 33.0 Å². The van der Waals surface area contributed by atoms with E-state index in [1.54, 1.807) is 24.0 Å². The van der Waals surface area contributed by atoms with Crippen molar-refractivity contribution in [2.45, 2.75) is 33.9 Å². The number of aromatic nitrogens is 2. The molecule has 0 bridgehead atoms. The molecule has 6 nitrogen and oxygen atoms in total. The molecule has 4 aromatic rings. The third-order valence-electron chi connectivity index (χ3n) is 5.46. The smallest absolute Gasteiger partial charge is 0.265 e. The summed E-state index contributed by atoms with van der Waals surface area (Å²) >= 11 is 1.38. The Hall–Kier alpha value is -3.52. The maximum absolute atomic E-state index is 13.2. The molecule has 170 valence electrons. The van der Waals surface area contributed by atoms with E-state index in [0.29, 0.717) is 30.2 Å². The number of carbonyl (C=O) groups excluding carboxylic acids is 2. The van der Waals surface area contributed by atoms with Crippen LogP contribution >= 0.6 is 11.3 Å². The predicted molar refractivity (Wildman–Crippen MR) is 129 cm³/mol. The molecule has 2 aromatic heterocycles. The minimum absolute atomic E-state index is 0.0160. The maximum atomic E-state index is 13.2. The third kappa shape index (κ3) is 5.12. The van der Waals surface area contributed by atoms with Crippen LogP contribution in [0.5, 0.6) is 0 Å². The molecule has 0 fully saturated rings. The Kier molecular flexibility index (Phi) is 6.55. The lowest BCUT2D eigenvalue weighted by molar-refractivity contribution is -0.129. The molecule has 0 atom stereocenters. The highest BCUT2D eigenvalue weighted by Crippen LogP contribution is 2.29. The van der Waals surface area contributed by atoms with Crippen molar-refractivity contribution in [2.24, 2.45) is 0 Å². The van der Waals surface area contributed by atoms with Crippen molar-refractivity contribution in [1.29, 1.82) is 0 Å². The van der Waals surface area contributed by atoms with E-state index in [-0.39, 0.29) is 17.6 Å². The molecule has 0 saturated heterocycles. The monoisotopic (exact) mass is 464 g/mol. The van der Waals surface area contributed by atoms with Crippen molar-refractivity contribution in [3.8, 4) is 0 Å². The first-order valence-electron chi connectivity index (χ1n) is 10.7. The Morgan fingerprint density at radius 2 is 1.88 bits per heavy atom. The normalized spacial score (nSPS) is 11.0. The van der Waals surface area contributed by atoms with Crippen LogP contribution < -0.4 is 5.32 Å². The topological polar surface area (TPSA) is 67.2 Å². The quantitative estimate of drug-likeness (QED) is 0.408. The van der Waals surface area contributed by atoms with Gasteiger partial charge in [0.2, 0.25) is 5.91 Å². The van der Waals surface area contributed by atoms with Crippen LogP contribution in [0, 0.1) is 12.7 Å². The number of nitrogens with one attached hydrogen (secondary N) is 1. The van der Waals surface area contributed by atoms with E-state index < -0.39 is 0 Å². The number of nitrogens with zero attached hydrogens (tertiary/aromatic N) is 3. The summed E-state index contributed by atoms with van der Waals surface area (Å²) < 4.78 is 15.1. The summed E-state index contributed by atoms with van der Waals surface area (Å²) in [4.78, 5) is 27.9. The van der Waals surface area contributed by atoms with E-state index in [2.05, 4.69) is 10.4 Å². The average molecular weight is 465 g/mol. The van der Waals surface area contributed by atoms with Gasteiger partial charge >= 0.3 is 0 Å². The Bertz CT molecular complexity index is 1310. The van der Waals surface area contributed by atoms with Crippen LogP contribution in [0.1, 0.15) is 40.3 Å². The zero-order valence-electron chi connectivity index (χ0n) is 18.8. The lowest BCUT2D eigenvalue weighted by Crippen LogP contribution is -2.27. The van der Waals surface area contributed by atoms with Gasteiger partial charge in [-0.1, -0.05) is 24.3 Å². The molecule has 0 spiro atoms. The first-order valence-corrected chi connectivity index (χ1v) is 11.5. The number of fused-ring (bicyclic) bond motifs is 1. The minimum atomic E-state index is -0.275. The molecule has 0 unspecified atom stereocenters. The molecule has 2 heterocycles. The van der Waals surface area contributed by atoms with Crippen LogP contribution in [0.4, 0.5) is 10.1 Å². The number of halogens is 1. The molecule has 4 rings (SSSR count). The van der Waals surface area contributed by atoms with E-state index in [0.717, 1.165) is 27.0 Å². The van der Waals surface area contributed by atoms with Crippen molar-refractivity contribution < 1.29 is 14.0 Å². The van der Waals surface area contributed by atoms with Gasteiger partial charge in [-0.25, -0.2) is 4.39 Å². The number of hydrogen-bond acceptors (Lipinski definition) is 4. The summed E-state index contributed by atoms with van der Waals surface area (Å²) in [5.74, 6) is -0.453. The number of benzene rings is 2. The van der Waals surface area contributed by atoms with Crippen molar-refractivity contribution in [3.05, 3.63) is 82.1 Å². The molecular formula is C25H25FN4O2S. The largest absolute Gasteiger partial charge is 0.339 e. The lowest BCUT2D eigenvalue weighted by Gasteiger charge is -2.19. The standard InChI is InChI=1S/C25H25FN4O2S/c1-4-29(17(3)31)14-19-6-5-7-21(12-19)27-24(32)23-13-22-16(2)28-30(25(22)33-23)15-18-8-10-20(26)11-9-18/h5-13H,4,14-15H2,1-3H3,(H,27,32). The lowest BCUT2D eigenvalue weighted by atomic mass is 10.2. The van der Waals surface area contributed by atoms with E-state index in [1.165, 1.54) is 23.5 Å². The SMILES string of the molecule is CCN(Cc1cccc(NC(=O)c2cc3c(C)nn(Cc4ccc(F)cc4)c3s2)c1)C(C)=O. The van der Waals surface area contributed by atoms with Gasteiger partial charge < -0.3 is 10.2 Å². The van der Waals surface area contributed by atoms with Gasteiger partial charge in [-0.2, -0.15) is 5.10 Å². The average Bonchev–Trinajstić information content (AvgIpc) is 3.35. The Balaban J connectivity index is 1.52. The fraction of sp³-hybridized carbons (Fsp3) is 0.240. The van der Waals surface area contributed by atoms with Gasteiger partial charge in [0.15, 0.2) is 0 Å². The van der Waals surface area contributed by atoms with Crippen LogP contribution in [0.25, 0.3) is 10.2 Å². The second-order valence-electron chi connectivity index (χ2n) is 7.89. The number of thiophene rings is 1. The number of amides is 2. The van der Waals surface area contributed by atoms with Crippen molar-refractivity contribution >= 4 is 39.1 Å². The Morgan fingerprint density at radius 1 is 1.12 bits per heavy atom. The van der Waals surface area contributed by atoms with Gasteiger partial charge in [-0.05, 0) is 55.3 Å². The molecular weight excluding hydrogens is 439 g/mol. The van der Waals surface area contributed by atoms with E-state index in [1.807, 2.05) is 48.9 Å². The minimum Gasteiger partial charge on any atom is -0.339 e. The number of aryl methyl sites for hydroxylation is 1. The number of rotatable bonds is 7. The van der Waals surface area contributed by atoms with Crippen LogP contribution in [0.3, 0.4) is 0 Å². The molecule has 33 heavy (non-hydrogen) atoms. The van der Waals surface area contributed by atoms with Crippen molar-refractivity contribution in [2.75, 3.05) is 11.9 Å². The summed E-state index contributed by atoms with van der Waals surface area (Å²) in [5.41, 5.74) is 3.41. The zero-order chi connectivity index (χ0) is 23.5. The third-order valence-corrected chi connectivity index (χ3v) is 6.61. The molecule has 0 radical (unpaired) electrons.